The Balaban J connectivity index is 3.05. The molecule has 0 fully saturated rings. The van der Waals surface area contributed by atoms with E-state index in [4.69, 9.17) is 16.2 Å². The van der Waals surface area contributed by atoms with Crippen LogP contribution in [0.15, 0.2) is 0 Å². The molecular formula is C19H33N5O4S. The van der Waals surface area contributed by atoms with Crippen LogP contribution in [0.2, 0.25) is 0 Å². The van der Waals surface area contributed by atoms with Crippen LogP contribution in [0, 0.1) is 5.92 Å². The van der Waals surface area contributed by atoms with E-state index < -0.39 is 17.9 Å². The minimum absolute atomic E-state index is 0.0441. The Labute approximate surface area is 176 Å². The Morgan fingerprint density at radius 3 is 2.48 bits per heavy atom. The molecule has 1 heterocycles. The fourth-order valence-corrected chi connectivity index (χ4v) is 3.55. The van der Waals surface area contributed by atoms with E-state index in [-0.39, 0.29) is 22.2 Å². The monoisotopic (exact) mass is 427 g/mol. The SMILES string of the molecule is CCOCCCN(C(=O)c1snc(C(N)=O)c1N)C(CC)C(=O)NCCC(C)C. The predicted octanol–water partition coefficient (Wildman–Crippen LogP) is 1.63. The van der Waals surface area contributed by atoms with Crippen molar-refractivity contribution < 1.29 is 19.1 Å². The second-order valence-electron chi connectivity index (χ2n) is 7.08. The molecule has 0 bridgehead atoms. The van der Waals surface area contributed by atoms with Gasteiger partial charge in [-0.15, -0.1) is 0 Å². The number of primary amides is 1. The van der Waals surface area contributed by atoms with E-state index in [0.717, 1.165) is 18.0 Å². The number of nitrogens with zero attached hydrogens (tertiary/aromatic N) is 2. The van der Waals surface area contributed by atoms with Gasteiger partial charge in [0.15, 0.2) is 5.69 Å². The van der Waals surface area contributed by atoms with Gasteiger partial charge < -0.3 is 26.4 Å². The second-order valence-corrected chi connectivity index (χ2v) is 7.86. The number of hydrogen-bond acceptors (Lipinski definition) is 7. The van der Waals surface area contributed by atoms with E-state index in [9.17, 15) is 14.4 Å². The summed E-state index contributed by atoms with van der Waals surface area (Å²) >= 11 is 0.816. The molecule has 1 unspecified atom stereocenters. The topological polar surface area (TPSA) is 141 Å². The van der Waals surface area contributed by atoms with Crippen molar-refractivity contribution in [3.05, 3.63) is 10.6 Å². The smallest absolute Gasteiger partial charge is 0.270 e. The number of carbonyl (C=O) groups is 3. The standard InChI is InChI=1S/C19H33N5O4S/c1-5-13(18(26)22-9-8-12(3)4)24(10-7-11-28-6-2)19(27)16-14(20)15(17(21)25)23-29-16/h12-13H,5-11,20H2,1-4H3,(H2,21,25)(H,22,26). The van der Waals surface area contributed by atoms with Crippen LogP contribution in [0.25, 0.3) is 0 Å². The van der Waals surface area contributed by atoms with Gasteiger partial charge in [0.05, 0.1) is 5.69 Å². The van der Waals surface area contributed by atoms with Gasteiger partial charge in [-0.25, -0.2) is 0 Å². The first-order valence-corrected chi connectivity index (χ1v) is 10.7. The molecule has 0 aromatic carbocycles. The van der Waals surface area contributed by atoms with Crippen LogP contribution >= 0.6 is 11.5 Å². The van der Waals surface area contributed by atoms with Crippen molar-refractivity contribution in [1.29, 1.82) is 0 Å². The molecule has 0 radical (unpaired) electrons. The maximum atomic E-state index is 13.2. The molecule has 9 nitrogen and oxygen atoms in total. The van der Waals surface area contributed by atoms with Crippen molar-refractivity contribution >= 4 is 34.9 Å². The lowest BCUT2D eigenvalue weighted by atomic mass is 10.1. The molecule has 1 aromatic heterocycles. The normalized spacial score (nSPS) is 12.0. The van der Waals surface area contributed by atoms with E-state index in [0.29, 0.717) is 45.1 Å². The molecule has 0 saturated carbocycles. The molecule has 164 valence electrons. The van der Waals surface area contributed by atoms with Crippen molar-refractivity contribution in [2.75, 3.05) is 32.0 Å². The van der Waals surface area contributed by atoms with Crippen LogP contribution in [0.1, 0.15) is 67.1 Å². The summed E-state index contributed by atoms with van der Waals surface area (Å²) in [5.41, 5.74) is 11.0. The van der Waals surface area contributed by atoms with Crippen molar-refractivity contribution in [2.45, 2.75) is 53.0 Å². The van der Waals surface area contributed by atoms with Gasteiger partial charge in [-0.2, -0.15) is 4.37 Å². The Bertz CT molecular complexity index is 692. The Morgan fingerprint density at radius 2 is 1.97 bits per heavy atom. The van der Waals surface area contributed by atoms with Crippen molar-refractivity contribution in [2.24, 2.45) is 11.7 Å². The molecule has 0 spiro atoms. The van der Waals surface area contributed by atoms with Crippen LogP contribution in [0.5, 0.6) is 0 Å². The molecule has 0 aliphatic heterocycles. The number of rotatable bonds is 13. The number of hydrogen-bond donors (Lipinski definition) is 3. The zero-order valence-electron chi connectivity index (χ0n) is 17.7. The zero-order valence-corrected chi connectivity index (χ0v) is 18.5. The summed E-state index contributed by atoms with van der Waals surface area (Å²) in [6, 6.07) is -0.658. The molecule has 0 saturated heterocycles. The molecule has 10 heteroatoms. The maximum Gasteiger partial charge on any atom is 0.270 e. The van der Waals surface area contributed by atoms with Gasteiger partial charge in [0.2, 0.25) is 5.91 Å². The average molecular weight is 428 g/mol. The van der Waals surface area contributed by atoms with Crippen molar-refractivity contribution in [1.82, 2.24) is 14.6 Å². The molecule has 1 aromatic rings. The summed E-state index contributed by atoms with van der Waals surface area (Å²) in [6.45, 7) is 9.80. The number of carbonyl (C=O) groups excluding carboxylic acids is 3. The number of aromatic nitrogens is 1. The Morgan fingerprint density at radius 1 is 1.28 bits per heavy atom. The van der Waals surface area contributed by atoms with Gasteiger partial charge in [-0.3, -0.25) is 14.4 Å². The number of anilines is 1. The van der Waals surface area contributed by atoms with Gasteiger partial charge >= 0.3 is 0 Å². The van der Waals surface area contributed by atoms with Gasteiger partial charge in [-0.05, 0) is 43.6 Å². The van der Waals surface area contributed by atoms with E-state index in [1.807, 2.05) is 13.8 Å². The molecule has 0 aliphatic rings. The average Bonchev–Trinajstić information content (AvgIpc) is 3.05. The summed E-state index contributed by atoms with van der Waals surface area (Å²) in [7, 11) is 0. The fourth-order valence-electron chi connectivity index (χ4n) is 2.79. The van der Waals surface area contributed by atoms with Crippen LogP contribution in [-0.2, 0) is 9.53 Å². The molecule has 0 aliphatic carbocycles. The first-order chi connectivity index (χ1) is 13.7. The third-order valence-electron chi connectivity index (χ3n) is 4.39. The Kier molecular flexibility index (Phi) is 10.6. The highest BCUT2D eigenvalue weighted by Gasteiger charge is 2.32. The first-order valence-electron chi connectivity index (χ1n) is 9.95. The van der Waals surface area contributed by atoms with E-state index in [1.54, 1.807) is 0 Å². The quantitative estimate of drug-likeness (QED) is 0.409. The Hall–Kier alpha value is -2.20. The van der Waals surface area contributed by atoms with Gasteiger partial charge in [-0.1, -0.05) is 20.8 Å². The largest absolute Gasteiger partial charge is 0.395 e. The second kappa shape index (κ2) is 12.4. The molecule has 5 N–H and O–H groups in total. The number of nitrogen functional groups attached to an aromatic ring is 1. The third kappa shape index (κ3) is 7.28. The van der Waals surface area contributed by atoms with E-state index >= 15 is 0 Å². The lowest BCUT2D eigenvalue weighted by Gasteiger charge is -2.30. The molecule has 1 rings (SSSR count). The molecule has 1 atom stereocenters. The van der Waals surface area contributed by atoms with Crippen LogP contribution in [-0.4, -0.2) is 59.3 Å². The number of nitrogens with two attached hydrogens (primary N) is 2. The summed E-state index contributed by atoms with van der Waals surface area (Å²) in [5, 5.41) is 2.91. The molecule has 29 heavy (non-hydrogen) atoms. The van der Waals surface area contributed by atoms with Crippen LogP contribution in [0.4, 0.5) is 5.69 Å². The highest BCUT2D eigenvalue weighted by atomic mass is 32.1. The van der Waals surface area contributed by atoms with E-state index in [2.05, 4.69) is 23.5 Å². The lowest BCUT2D eigenvalue weighted by molar-refractivity contribution is -0.125. The van der Waals surface area contributed by atoms with Crippen LogP contribution in [0.3, 0.4) is 0 Å². The van der Waals surface area contributed by atoms with Crippen molar-refractivity contribution in [3.63, 3.8) is 0 Å². The summed E-state index contributed by atoms with van der Waals surface area (Å²) < 4.78 is 9.26. The molecule has 3 amide bonds. The minimum Gasteiger partial charge on any atom is -0.395 e. The summed E-state index contributed by atoms with van der Waals surface area (Å²) in [6.07, 6.45) is 1.86. The number of ether oxygens (including phenoxy) is 1. The maximum absolute atomic E-state index is 13.2. The highest BCUT2D eigenvalue weighted by Crippen LogP contribution is 2.24. The third-order valence-corrected chi connectivity index (χ3v) is 5.25. The van der Waals surface area contributed by atoms with Crippen LogP contribution < -0.4 is 16.8 Å². The number of amides is 3. The highest BCUT2D eigenvalue weighted by molar-refractivity contribution is 7.09. The molecular weight excluding hydrogens is 394 g/mol. The lowest BCUT2D eigenvalue weighted by Crippen LogP contribution is -2.50. The minimum atomic E-state index is -0.792. The summed E-state index contributed by atoms with van der Waals surface area (Å²) in [5.74, 6) is -0.978. The fraction of sp³-hybridized carbons (Fsp3) is 0.684. The van der Waals surface area contributed by atoms with Gasteiger partial charge in [0.25, 0.3) is 11.8 Å². The number of nitrogens with one attached hydrogen (secondary N) is 1. The first kappa shape index (κ1) is 24.8. The van der Waals surface area contributed by atoms with Gasteiger partial charge in [0, 0.05) is 26.3 Å². The zero-order chi connectivity index (χ0) is 22.0. The van der Waals surface area contributed by atoms with Gasteiger partial charge in [0.1, 0.15) is 10.9 Å². The predicted molar refractivity (Wildman–Crippen MR) is 114 cm³/mol. The summed E-state index contributed by atoms with van der Waals surface area (Å²) in [4.78, 5) is 39.0. The van der Waals surface area contributed by atoms with E-state index in [1.165, 1.54) is 4.90 Å². The van der Waals surface area contributed by atoms with Crippen molar-refractivity contribution in [3.8, 4) is 0 Å².